The van der Waals surface area contributed by atoms with Crippen LogP contribution in [-0.2, 0) is 6.42 Å². The van der Waals surface area contributed by atoms with Crippen LogP contribution in [0.5, 0.6) is 0 Å². The number of nitrogens with two attached hydrogens (primary N) is 1. The summed E-state index contributed by atoms with van der Waals surface area (Å²) in [6.45, 7) is 3.58. The van der Waals surface area contributed by atoms with Crippen molar-refractivity contribution in [3.8, 4) is 11.3 Å². The fraction of sp³-hybridized carbons (Fsp3) is 0.0714. The quantitative estimate of drug-likeness (QED) is 0.532. The Bertz CT molecular complexity index is 740. The SMILES string of the molecule is C=CCc1c(-c2cccc([N+](=O)[O-])c2)occ(N)c1=O.Cl. The summed E-state index contributed by atoms with van der Waals surface area (Å²) < 4.78 is 5.35. The van der Waals surface area contributed by atoms with Crippen LogP contribution in [0.25, 0.3) is 11.3 Å². The lowest BCUT2D eigenvalue weighted by atomic mass is 10.0. The van der Waals surface area contributed by atoms with Gasteiger partial charge in [-0.15, -0.1) is 19.0 Å². The van der Waals surface area contributed by atoms with E-state index in [1.54, 1.807) is 12.1 Å². The van der Waals surface area contributed by atoms with Crippen molar-refractivity contribution in [3.63, 3.8) is 0 Å². The first-order valence-corrected chi connectivity index (χ1v) is 5.80. The zero-order valence-corrected chi connectivity index (χ0v) is 11.8. The lowest BCUT2D eigenvalue weighted by molar-refractivity contribution is -0.384. The van der Waals surface area contributed by atoms with Crippen molar-refractivity contribution in [3.05, 3.63) is 69.1 Å². The third kappa shape index (κ3) is 3.29. The topological polar surface area (TPSA) is 99.4 Å². The van der Waals surface area contributed by atoms with Crippen LogP contribution in [0.3, 0.4) is 0 Å². The molecule has 0 aliphatic carbocycles. The van der Waals surface area contributed by atoms with Crippen LogP contribution in [-0.4, -0.2) is 4.92 Å². The molecule has 2 rings (SSSR count). The maximum absolute atomic E-state index is 12.0. The molecular weight excluding hydrogens is 296 g/mol. The summed E-state index contributed by atoms with van der Waals surface area (Å²) >= 11 is 0. The molecule has 0 radical (unpaired) electrons. The first kappa shape index (κ1) is 16.5. The number of benzene rings is 1. The van der Waals surface area contributed by atoms with Crippen LogP contribution >= 0.6 is 12.4 Å². The predicted octanol–water partition coefficient (Wildman–Crippen LogP) is 2.95. The summed E-state index contributed by atoms with van der Waals surface area (Å²) in [4.78, 5) is 22.3. The summed E-state index contributed by atoms with van der Waals surface area (Å²) in [6, 6.07) is 5.88. The molecule has 21 heavy (non-hydrogen) atoms. The van der Waals surface area contributed by atoms with E-state index in [-0.39, 0.29) is 41.4 Å². The standard InChI is InChI=1S/C14H12N2O4.ClH/c1-2-4-11-13(17)12(15)8-20-14(11)9-5-3-6-10(7-9)16(18)19;/h2-3,5-8H,1,4,15H2;1H. The molecule has 0 aliphatic rings. The fourth-order valence-electron chi connectivity index (χ4n) is 1.86. The molecule has 0 unspecified atom stereocenters. The lowest BCUT2D eigenvalue weighted by Gasteiger charge is -2.07. The lowest BCUT2D eigenvalue weighted by Crippen LogP contribution is -2.14. The minimum Gasteiger partial charge on any atom is -0.462 e. The average Bonchev–Trinajstić information content (AvgIpc) is 2.44. The zero-order valence-electron chi connectivity index (χ0n) is 10.9. The number of hydrogen-bond donors (Lipinski definition) is 1. The summed E-state index contributed by atoms with van der Waals surface area (Å²) in [5, 5.41) is 10.8. The Labute approximate surface area is 126 Å². The highest BCUT2D eigenvalue weighted by atomic mass is 35.5. The van der Waals surface area contributed by atoms with Gasteiger partial charge in [-0.3, -0.25) is 14.9 Å². The van der Waals surface area contributed by atoms with Crippen molar-refractivity contribution in [2.45, 2.75) is 6.42 Å². The predicted molar refractivity (Wildman–Crippen MR) is 82.6 cm³/mol. The largest absolute Gasteiger partial charge is 0.462 e. The molecule has 2 aromatic rings. The van der Waals surface area contributed by atoms with E-state index in [0.717, 1.165) is 6.26 Å². The third-order valence-electron chi connectivity index (χ3n) is 2.78. The second-order valence-electron chi connectivity index (χ2n) is 4.13. The molecule has 0 saturated heterocycles. The van der Waals surface area contributed by atoms with Gasteiger partial charge in [0.05, 0.1) is 4.92 Å². The number of anilines is 1. The van der Waals surface area contributed by atoms with E-state index >= 15 is 0 Å². The molecule has 0 fully saturated rings. The highest BCUT2D eigenvalue weighted by Crippen LogP contribution is 2.26. The number of nitro benzene ring substituents is 1. The Balaban J connectivity index is 0.00000220. The van der Waals surface area contributed by atoms with Crippen LogP contribution < -0.4 is 11.2 Å². The number of halogens is 1. The minimum absolute atomic E-state index is 0. The van der Waals surface area contributed by atoms with Crippen molar-refractivity contribution in [2.75, 3.05) is 5.73 Å². The molecule has 0 saturated carbocycles. The fourth-order valence-corrected chi connectivity index (χ4v) is 1.86. The van der Waals surface area contributed by atoms with Gasteiger partial charge in [0.2, 0.25) is 5.43 Å². The number of nitrogens with zero attached hydrogens (tertiary/aromatic N) is 1. The molecule has 1 heterocycles. The number of hydrogen-bond acceptors (Lipinski definition) is 5. The van der Waals surface area contributed by atoms with Gasteiger partial charge in [-0.05, 0) is 6.42 Å². The number of rotatable bonds is 4. The number of nitro groups is 1. The molecule has 0 atom stereocenters. The molecule has 110 valence electrons. The highest BCUT2D eigenvalue weighted by molar-refractivity contribution is 5.85. The van der Waals surface area contributed by atoms with Crippen LogP contribution in [0, 0.1) is 10.1 Å². The average molecular weight is 309 g/mol. The van der Waals surface area contributed by atoms with Gasteiger partial charge in [0.25, 0.3) is 5.69 Å². The Morgan fingerprint density at radius 2 is 2.14 bits per heavy atom. The first-order valence-electron chi connectivity index (χ1n) is 5.80. The van der Waals surface area contributed by atoms with Crippen molar-refractivity contribution >= 4 is 23.8 Å². The van der Waals surface area contributed by atoms with Gasteiger partial charge in [0.1, 0.15) is 17.7 Å². The number of allylic oxidation sites excluding steroid dienone is 1. The normalized spacial score (nSPS) is 9.71. The molecule has 0 amide bonds. The van der Waals surface area contributed by atoms with Gasteiger partial charge in [-0.1, -0.05) is 18.2 Å². The van der Waals surface area contributed by atoms with Crippen molar-refractivity contribution in [1.29, 1.82) is 0 Å². The molecular formula is C14H13ClN2O4. The van der Waals surface area contributed by atoms with E-state index in [1.807, 2.05) is 0 Å². The smallest absolute Gasteiger partial charge is 0.270 e. The van der Waals surface area contributed by atoms with Crippen LogP contribution in [0.2, 0.25) is 0 Å². The second kappa shape index (κ2) is 6.71. The van der Waals surface area contributed by atoms with E-state index in [9.17, 15) is 14.9 Å². The molecule has 7 heteroatoms. The Morgan fingerprint density at radius 3 is 2.76 bits per heavy atom. The Kier molecular flexibility index (Phi) is 5.26. The van der Waals surface area contributed by atoms with Crippen molar-refractivity contribution in [1.82, 2.24) is 0 Å². The second-order valence-corrected chi connectivity index (χ2v) is 4.13. The minimum atomic E-state index is -0.508. The highest BCUT2D eigenvalue weighted by Gasteiger charge is 2.15. The van der Waals surface area contributed by atoms with Gasteiger partial charge < -0.3 is 10.2 Å². The van der Waals surface area contributed by atoms with Crippen molar-refractivity contribution in [2.24, 2.45) is 0 Å². The molecule has 6 nitrogen and oxygen atoms in total. The van der Waals surface area contributed by atoms with Crippen LogP contribution in [0.4, 0.5) is 11.4 Å². The first-order chi connectivity index (χ1) is 9.54. The monoisotopic (exact) mass is 308 g/mol. The number of nitrogen functional groups attached to an aromatic ring is 1. The molecule has 0 bridgehead atoms. The van der Waals surface area contributed by atoms with Crippen LogP contribution in [0.1, 0.15) is 5.56 Å². The summed E-state index contributed by atoms with van der Waals surface area (Å²) in [5.74, 6) is 0.271. The summed E-state index contributed by atoms with van der Waals surface area (Å²) in [5.41, 5.74) is 5.88. The van der Waals surface area contributed by atoms with Gasteiger partial charge in [-0.25, -0.2) is 0 Å². The van der Waals surface area contributed by atoms with E-state index in [2.05, 4.69) is 6.58 Å². The third-order valence-corrected chi connectivity index (χ3v) is 2.78. The molecule has 0 aliphatic heterocycles. The van der Waals surface area contributed by atoms with E-state index in [4.69, 9.17) is 10.2 Å². The maximum Gasteiger partial charge on any atom is 0.270 e. The van der Waals surface area contributed by atoms with E-state index < -0.39 is 4.92 Å². The zero-order chi connectivity index (χ0) is 14.7. The summed E-state index contributed by atoms with van der Waals surface area (Å²) in [6.07, 6.45) is 2.96. The molecule has 0 spiro atoms. The summed E-state index contributed by atoms with van der Waals surface area (Å²) in [7, 11) is 0. The molecule has 1 aromatic carbocycles. The van der Waals surface area contributed by atoms with Gasteiger partial charge in [0.15, 0.2) is 0 Å². The Hall–Kier alpha value is -2.60. The molecule has 2 N–H and O–H groups in total. The van der Waals surface area contributed by atoms with Gasteiger partial charge >= 0.3 is 0 Å². The Morgan fingerprint density at radius 1 is 1.43 bits per heavy atom. The molecule has 1 aromatic heterocycles. The number of non-ortho nitro benzene ring substituents is 1. The van der Waals surface area contributed by atoms with E-state index in [0.29, 0.717) is 11.1 Å². The van der Waals surface area contributed by atoms with Crippen LogP contribution in [0.15, 0.2) is 52.4 Å². The van der Waals surface area contributed by atoms with E-state index in [1.165, 1.54) is 18.2 Å². The van der Waals surface area contributed by atoms with Crippen molar-refractivity contribution < 1.29 is 9.34 Å². The maximum atomic E-state index is 12.0. The van der Waals surface area contributed by atoms with Gasteiger partial charge in [-0.2, -0.15) is 0 Å². The van der Waals surface area contributed by atoms with Gasteiger partial charge in [0, 0.05) is 23.3 Å².